The van der Waals surface area contributed by atoms with Crippen molar-refractivity contribution in [2.45, 2.75) is 31.9 Å². The van der Waals surface area contributed by atoms with Crippen LogP contribution in [0.4, 0.5) is 26.3 Å². The third kappa shape index (κ3) is 14.7. The Labute approximate surface area is 189 Å². The summed E-state index contributed by atoms with van der Waals surface area (Å²) < 4.78 is 77.5. The van der Waals surface area contributed by atoms with Crippen LogP contribution < -0.4 is 10.6 Å². The third-order valence-electron chi connectivity index (χ3n) is 3.70. The van der Waals surface area contributed by atoms with E-state index in [4.69, 9.17) is 0 Å². The average Bonchev–Trinajstić information content (AvgIpc) is 2.59. The molecular weight excluding hydrogens is 529 g/mol. The molecule has 0 bridgehead atoms. The maximum Gasteiger partial charge on any atom is 0.411 e. The van der Waals surface area contributed by atoms with Crippen molar-refractivity contribution in [2.24, 2.45) is 4.99 Å². The molecule has 1 aromatic rings. The molecule has 0 heterocycles. The number of ether oxygens (including phenoxy) is 1. The first-order chi connectivity index (χ1) is 13.5. The van der Waals surface area contributed by atoms with Crippen LogP contribution in [-0.4, -0.2) is 63.5 Å². The molecule has 0 fully saturated rings. The number of nitrogens with one attached hydrogen (secondary N) is 2. The summed E-state index contributed by atoms with van der Waals surface area (Å²) in [4.78, 5) is 5.24. The molecule has 0 amide bonds. The quantitative estimate of drug-likeness (QED) is 0.151. The highest BCUT2D eigenvalue weighted by molar-refractivity contribution is 14.0. The predicted molar refractivity (Wildman–Crippen MR) is 114 cm³/mol. The zero-order valence-corrected chi connectivity index (χ0v) is 19.1. The molecule has 12 heteroatoms. The minimum atomic E-state index is -4.35. The maximum atomic E-state index is 12.3. The van der Waals surface area contributed by atoms with Gasteiger partial charge in [0.1, 0.15) is 6.61 Å². The Morgan fingerprint density at radius 3 is 2.13 bits per heavy atom. The van der Waals surface area contributed by atoms with Gasteiger partial charge in [-0.05, 0) is 31.1 Å². The molecule has 1 rings (SSSR count). The Morgan fingerprint density at radius 1 is 1.00 bits per heavy atom. The zero-order valence-electron chi connectivity index (χ0n) is 16.7. The van der Waals surface area contributed by atoms with Crippen molar-refractivity contribution < 1.29 is 31.1 Å². The lowest BCUT2D eigenvalue weighted by molar-refractivity contribution is -0.176. The first-order valence-electron chi connectivity index (χ1n) is 8.90. The third-order valence-corrected chi connectivity index (χ3v) is 3.70. The average molecular weight is 556 g/mol. The Balaban J connectivity index is 0.00000841. The Kier molecular flexibility index (Phi) is 13.3. The summed E-state index contributed by atoms with van der Waals surface area (Å²) in [6, 6.07) is 6.89. The maximum absolute atomic E-state index is 12.3. The Morgan fingerprint density at radius 2 is 1.60 bits per heavy atom. The number of aliphatic imine (C=N–C) groups is 1. The van der Waals surface area contributed by atoms with Gasteiger partial charge in [-0.2, -0.15) is 26.3 Å². The van der Waals surface area contributed by atoms with Gasteiger partial charge in [-0.15, -0.1) is 24.0 Å². The molecule has 1 aromatic carbocycles. The van der Waals surface area contributed by atoms with Crippen molar-refractivity contribution in [1.29, 1.82) is 0 Å². The molecule has 0 radical (unpaired) electrons. The molecule has 2 N–H and O–H groups in total. The second-order valence-corrected chi connectivity index (χ2v) is 6.48. The number of rotatable bonds is 10. The lowest BCUT2D eigenvalue weighted by Gasteiger charge is -2.19. The van der Waals surface area contributed by atoms with Crippen LogP contribution in [-0.2, 0) is 17.9 Å². The summed E-state index contributed by atoms with van der Waals surface area (Å²) in [5.41, 5.74) is 1.51. The fourth-order valence-corrected chi connectivity index (χ4v) is 2.39. The number of guanidine groups is 1. The number of benzene rings is 1. The van der Waals surface area contributed by atoms with Crippen molar-refractivity contribution in [3.63, 3.8) is 0 Å². The van der Waals surface area contributed by atoms with Gasteiger partial charge in [-0.25, -0.2) is 0 Å². The van der Waals surface area contributed by atoms with Crippen LogP contribution in [0.2, 0.25) is 0 Å². The van der Waals surface area contributed by atoms with Crippen molar-refractivity contribution in [2.75, 3.05) is 40.3 Å². The van der Waals surface area contributed by atoms with E-state index >= 15 is 0 Å². The summed E-state index contributed by atoms with van der Waals surface area (Å²) >= 11 is 0. The zero-order chi connectivity index (χ0) is 21.9. The van der Waals surface area contributed by atoms with Gasteiger partial charge in [0.2, 0.25) is 0 Å². The van der Waals surface area contributed by atoms with Gasteiger partial charge in [0, 0.05) is 20.1 Å². The normalized spacial score (nSPS) is 12.6. The Hall–Kier alpha value is -1.28. The van der Waals surface area contributed by atoms with Crippen molar-refractivity contribution >= 4 is 29.9 Å². The highest BCUT2D eigenvalue weighted by Gasteiger charge is 2.29. The van der Waals surface area contributed by atoms with E-state index in [1.807, 2.05) is 0 Å². The van der Waals surface area contributed by atoms with Crippen molar-refractivity contribution in [3.8, 4) is 0 Å². The molecule has 30 heavy (non-hydrogen) atoms. The summed E-state index contributed by atoms with van der Waals surface area (Å²) in [7, 11) is 2.99. The number of alkyl halides is 6. The monoisotopic (exact) mass is 556 g/mol. The number of hydrogen-bond acceptors (Lipinski definition) is 3. The van der Waals surface area contributed by atoms with Gasteiger partial charge in [0.25, 0.3) is 0 Å². The van der Waals surface area contributed by atoms with Gasteiger partial charge < -0.3 is 15.4 Å². The number of nitrogens with zero attached hydrogens (tertiary/aromatic N) is 2. The molecule has 0 saturated carbocycles. The molecule has 0 aromatic heterocycles. The summed E-state index contributed by atoms with van der Waals surface area (Å²) in [5.74, 6) is 0.501. The fraction of sp³-hybridized carbons (Fsp3) is 0.611. The van der Waals surface area contributed by atoms with E-state index < -0.39 is 25.5 Å². The van der Waals surface area contributed by atoms with E-state index in [0.717, 1.165) is 5.56 Å². The van der Waals surface area contributed by atoms with E-state index in [1.54, 1.807) is 31.3 Å². The molecule has 0 atom stereocenters. The second-order valence-electron chi connectivity index (χ2n) is 6.48. The number of halogens is 7. The van der Waals surface area contributed by atoms with E-state index in [1.165, 1.54) is 11.9 Å². The highest BCUT2D eigenvalue weighted by Crippen LogP contribution is 2.16. The van der Waals surface area contributed by atoms with Crippen LogP contribution >= 0.6 is 24.0 Å². The molecule has 0 unspecified atom stereocenters. The van der Waals surface area contributed by atoms with Crippen LogP contribution in [0.25, 0.3) is 0 Å². The van der Waals surface area contributed by atoms with E-state index in [9.17, 15) is 26.3 Å². The van der Waals surface area contributed by atoms with Gasteiger partial charge in [-0.3, -0.25) is 9.89 Å². The van der Waals surface area contributed by atoms with Crippen molar-refractivity contribution in [3.05, 3.63) is 35.4 Å². The van der Waals surface area contributed by atoms with E-state index in [2.05, 4.69) is 20.4 Å². The lowest BCUT2D eigenvalue weighted by atomic mass is 10.1. The highest BCUT2D eigenvalue weighted by atomic mass is 127. The molecule has 0 aliphatic rings. The van der Waals surface area contributed by atoms with Gasteiger partial charge in [-0.1, -0.05) is 24.3 Å². The molecule has 0 saturated heterocycles. The molecule has 0 aliphatic heterocycles. The number of hydrogen-bond donors (Lipinski definition) is 2. The fourth-order valence-electron chi connectivity index (χ4n) is 2.39. The minimum absolute atomic E-state index is 0. The minimum Gasteiger partial charge on any atom is -0.367 e. The van der Waals surface area contributed by atoms with Crippen molar-refractivity contribution in [1.82, 2.24) is 15.5 Å². The van der Waals surface area contributed by atoms with Gasteiger partial charge in [0.15, 0.2) is 5.96 Å². The standard InChI is InChI=1S/C18H26F6N4O.HI/c1-25-16(26-8-3-9-28(2)12-17(19,20)21)27-10-14-4-6-15(7-5-14)11-29-13-18(22,23)24;/h4-7H,3,8-13H2,1-2H3,(H2,25,26,27);1H. The molecule has 174 valence electrons. The Bertz CT molecular complexity index is 623. The SMILES string of the molecule is CN=C(NCCCN(C)CC(F)(F)F)NCc1ccc(COCC(F)(F)F)cc1.I. The lowest BCUT2D eigenvalue weighted by Crippen LogP contribution is -2.39. The van der Waals surface area contributed by atoms with Crippen LogP contribution in [0, 0.1) is 0 Å². The van der Waals surface area contributed by atoms with Gasteiger partial charge in [0.05, 0.1) is 13.2 Å². The van der Waals surface area contributed by atoms with Crippen LogP contribution in [0.15, 0.2) is 29.3 Å². The van der Waals surface area contributed by atoms with Crippen LogP contribution in [0.1, 0.15) is 17.5 Å². The van der Waals surface area contributed by atoms with Gasteiger partial charge >= 0.3 is 12.4 Å². The summed E-state index contributed by atoms with van der Waals surface area (Å²) in [6.45, 7) is -1.18. The smallest absolute Gasteiger partial charge is 0.367 e. The molecular formula is C18H27F6IN4O. The van der Waals surface area contributed by atoms with E-state index in [0.29, 0.717) is 37.6 Å². The first kappa shape index (κ1) is 28.7. The topological polar surface area (TPSA) is 48.9 Å². The second kappa shape index (κ2) is 13.9. The van der Waals surface area contributed by atoms with E-state index in [-0.39, 0.29) is 30.6 Å². The molecule has 5 nitrogen and oxygen atoms in total. The van der Waals surface area contributed by atoms with Crippen LogP contribution in [0.3, 0.4) is 0 Å². The molecule has 0 aliphatic carbocycles. The first-order valence-corrected chi connectivity index (χ1v) is 8.90. The largest absolute Gasteiger partial charge is 0.411 e. The molecule has 0 spiro atoms. The summed E-state index contributed by atoms with van der Waals surface area (Å²) in [5, 5.41) is 6.08. The predicted octanol–water partition coefficient (Wildman–Crippen LogP) is 3.93. The summed E-state index contributed by atoms with van der Waals surface area (Å²) in [6.07, 6.45) is -8.04. The van der Waals surface area contributed by atoms with Crippen LogP contribution in [0.5, 0.6) is 0 Å².